The molecular weight excluding hydrogens is 348 g/mol. The van der Waals surface area contributed by atoms with Crippen LogP contribution < -0.4 is 10.1 Å². The predicted molar refractivity (Wildman–Crippen MR) is 99.9 cm³/mol. The van der Waals surface area contributed by atoms with Gasteiger partial charge in [0.05, 0.1) is 6.04 Å². The van der Waals surface area contributed by atoms with Crippen LogP contribution in [0.5, 0.6) is 5.75 Å². The van der Waals surface area contributed by atoms with Crippen LogP contribution in [0.1, 0.15) is 39.2 Å². The van der Waals surface area contributed by atoms with Crippen LogP contribution >= 0.6 is 0 Å². The Labute approximate surface area is 157 Å². The standard InChI is InChI=1S/C20H22N2O5/c1-13(14-7-9-17(10-8-14)27-12-18(23)24)21-19(25)15-5-4-6-16(11-15)20(26)22(2)3/h4-11,13H,12H2,1-3H3,(H,21,25)(H,23,24). The zero-order valence-corrected chi connectivity index (χ0v) is 15.4. The Kier molecular flexibility index (Phi) is 6.54. The van der Waals surface area contributed by atoms with Crippen LogP contribution in [0.2, 0.25) is 0 Å². The van der Waals surface area contributed by atoms with Gasteiger partial charge in [0.2, 0.25) is 0 Å². The number of carbonyl (C=O) groups is 3. The van der Waals surface area contributed by atoms with Gasteiger partial charge in [-0.05, 0) is 42.8 Å². The topological polar surface area (TPSA) is 95.9 Å². The summed E-state index contributed by atoms with van der Waals surface area (Å²) < 4.78 is 5.08. The predicted octanol–water partition coefficient (Wildman–Crippen LogP) is 2.34. The average molecular weight is 370 g/mol. The Hall–Kier alpha value is -3.35. The van der Waals surface area contributed by atoms with Gasteiger partial charge >= 0.3 is 5.97 Å². The highest BCUT2D eigenvalue weighted by molar-refractivity contribution is 5.99. The Balaban J connectivity index is 2.04. The van der Waals surface area contributed by atoms with E-state index in [0.29, 0.717) is 16.9 Å². The molecule has 142 valence electrons. The molecule has 0 aliphatic heterocycles. The van der Waals surface area contributed by atoms with Crippen molar-refractivity contribution in [3.8, 4) is 5.75 Å². The number of aliphatic carboxylic acids is 1. The lowest BCUT2D eigenvalue weighted by Gasteiger charge is -2.16. The first-order chi connectivity index (χ1) is 12.8. The fraction of sp³-hybridized carbons (Fsp3) is 0.250. The number of ether oxygens (including phenoxy) is 1. The van der Waals surface area contributed by atoms with E-state index in [0.717, 1.165) is 5.56 Å². The van der Waals surface area contributed by atoms with Crippen molar-refractivity contribution in [3.05, 3.63) is 65.2 Å². The molecule has 2 N–H and O–H groups in total. The molecule has 0 radical (unpaired) electrons. The van der Waals surface area contributed by atoms with Crippen LogP contribution in [-0.4, -0.2) is 48.5 Å². The maximum Gasteiger partial charge on any atom is 0.341 e. The third-order valence-electron chi connectivity index (χ3n) is 3.87. The monoisotopic (exact) mass is 370 g/mol. The normalized spacial score (nSPS) is 11.4. The first kappa shape index (κ1) is 20.0. The summed E-state index contributed by atoms with van der Waals surface area (Å²) in [6.45, 7) is 1.42. The number of hydrogen-bond acceptors (Lipinski definition) is 4. The van der Waals surface area contributed by atoms with Gasteiger partial charge in [0, 0.05) is 25.2 Å². The van der Waals surface area contributed by atoms with E-state index >= 15 is 0 Å². The van der Waals surface area contributed by atoms with Gasteiger partial charge in [-0.1, -0.05) is 18.2 Å². The molecule has 2 amide bonds. The summed E-state index contributed by atoms with van der Waals surface area (Å²) in [5, 5.41) is 11.5. The number of carboxylic acid groups (broad SMARTS) is 1. The van der Waals surface area contributed by atoms with Crippen LogP contribution in [0, 0.1) is 0 Å². The first-order valence-electron chi connectivity index (χ1n) is 8.35. The maximum atomic E-state index is 12.5. The summed E-state index contributed by atoms with van der Waals surface area (Å²) in [5.74, 6) is -1.07. The highest BCUT2D eigenvalue weighted by Gasteiger charge is 2.14. The molecule has 0 aliphatic carbocycles. The minimum atomic E-state index is -1.05. The molecule has 2 aromatic carbocycles. The lowest BCUT2D eigenvalue weighted by atomic mass is 10.1. The molecule has 1 unspecified atom stereocenters. The third kappa shape index (κ3) is 5.57. The molecule has 0 heterocycles. The minimum absolute atomic E-state index is 0.172. The highest BCUT2D eigenvalue weighted by Crippen LogP contribution is 2.18. The number of hydrogen-bond donors (Lipinski definition) is 2. The van der Waals surface area contributed by atoms with Crippen LogP contribution in [0.15, 0.2) is 48.5 Å². The summed E-state index contributed by atoms with van der Waals surface area (Å²) in [6, 6.07) is 13.1. The second-order valence-electron chi connectivity index (χ2n) is 6.23. The van der Waals surface area contributed by atoms with Gasteiger partial charge in [-0.2, -0.15) is 0 Å². The zero-order chi connectivity index (χ0) is 20.0. The highest BCUT2D eigenvalue weighted by atomic mass is 16.5. The van der Waals surface area contributed by atoms with Crippen LogP contribution in [0.25, 0.3) is 0 Å². The number of carbonyl (C=O) groups excluding carboxylic acids is 2. The lowest BCUT2D eigenvalue weighted by Crippen LogP contribution is -2.27. The van der Waals surface area contributed by atoms with Crippen LogP contribution in [-0.2, 0) is 4.79 Å². The molecular formula is C20H22N2O5. The van der Waals surface area contributed by atoms with Crippen LogP contribution in [0.4, 0.5) is 0 Å². The van der Waals surface area contributed by atoms with Crippen LogP contribution in [0.3, 0.4) is 0 Å². The number of nitrogens with one attached hydrogen (secondary N) is 1. The number of carboxylic acids is 1. The quantitative estimate of drug-likeness (QED) is 0.780. The number of benzene rings is 2. The zero-order valence-electron chi connectivity index (χ0n) is 15.4. The molecule has 0 aliphatic rings. The summed E-state index contributed by atoms with van der Waals surface area (Å²) in [4.78, 5) is 36.5. The smallest absolute Gasteiger partial charge is 0.341 e. The summed E-state index contributed by atoms with van der Waals surface area (Å²) in [6.07, 6.45) is 0. The van der Waals surface area contributed by atoms with E-state index in [2.05, 4.69) is 5.32 Å². The van der Waals surface area contributed by atoms with Crippen molar-refractivity contribution >= 4 is 17.8 Å². The van der Waals surface area contributed by atoms with E-state index in [1.807, 2.05) is 6.92 Å². The molecule has 7 heteroatoms. The number of nitrogens with zero attached hydrogens (tertiary/aromatic N) is 1. The molecule has 0 saturated carbocycles. The van der Waals surface area contributed by atoms with Gasteiger partial charge < -0.3 is 20.1 Å². The second-order valence-corrected chi connectivity index (χ2v) is 6.23. The molecule has 0 aromatic heterocycles. The lowest BCUT2D eigenvalue weighted by molar-refractivity contribution is -0.139. The molecule has 2 aromatic rings. The van der Waals surface area contributed by atoms with E-state index in [-0.39, 0.29) is 17.9 Å². The average Bonchev–Trinajstić information content (AvgIpc) is 2.66. The molecule has 27 heavy (non-hydrogen) atoms. The van der Waals surface area contributed by atoms with E-state index in [1.54, 1.807) is 62.6 Å². The van der Waals surface area contributed by atoms with Gasteiger partial charge in [-0.15, -0.1) is 0 Å². The fourth-order valence-electron chi connectivity index (χ4n) is 2.41. The largest absolute Gasteiger partial charge is 0.482 e. The molecule has 1 atom stereocenters. The Morgan fingerprint density at radius 2 is 1.70 bits per heavy atom. The fourth-order valence-corrected chi connectivity index (χ4v) is 2.41. The van der Waals surface area contributed by atoms with Crippen molar-refractivity contribution < 1.29 is 24.2 Å². The number of amides is 2. The van der Waals surface area contributed by atoms with Crippen molar-refractivity contribution in [1.82, 2.24) is 10.2 Å². The van der Waals surface area contributed by atoms with E-state index < -0.39 is 12.6 Å². The molecule has 7 nitrogen and oxygen atoms in total. The van der Waals surface area contributed by atoms with Gasteiger partial charge in [0.15, 0.2) is 6.61 Å². The SMILES string of the molecule is CC(NC(=O)c1cccc(C(=O)N(C)C)c1)c1ccc(OCC(=O)O)cc1. The molecule has 0 spiro atoms. The second kappa shape index (κ2) is 8.84. The van der Waals surface area contributed by atoms with E-state index in [9.17, 15) is 14.4 Å². The number of rotatable bonds is 7. The summed E-state index contributed by atoms with van der Waals surface area (Å²) in [7, 11) is 3.31. The Bertz CT molecular complexity index is 831. The molecule has 0 saturated heterocycles. The molecule has 2 rings (SSSR count). The summed E-state index contributed by atoms with van der Waals surface area (Å²) in [5.41, 5.74) is 1.68. The van der Waals surface area contributed by atoms with E-state index in [1.165, 1.54) is 4.90 Å². The maximum absolute atomic E-state index is 12.5. The van der Waals surface area contributed by atoms with Gasteiger partial charge in [-0.3, -0.25) is 9.59 Å². The van der Waals surface area contributed by atoms with Crippen molar-refractivity contribution in [2.75, 3.05) is 20.7 Å². The van der Waals surface area contributed by atoms with Crippen molar-refractivity contribution in [1.29, 1.82) is 0 Å². The van der Waals surface area contributed by atoms with E-state index in [4.69, 9.17) is 9.84 Å². The van der Waals surface area contributed by atoms with Gasteiger partial charge in [0.25, 0.3) is 11.8 Å². The minimum Gasteiger partial charge on any atom is -0.482 e. The van der Waals surface area contributed by atoms with Gasteiger partial charge in [-0.25, -0.2) is 4.79 Å². The molecule has 0 fully saturated rings. The Morgan fingerprint density at radius 1 is 1.07 bits per heavy atom. The van der Waals surface area contributed by atoms with Crippen molar-refractivity contribution in [3.63, 3.8) is 0 Å². The van der Waals surface area contributed by atoms with Crippen molar-refractivity contribution in [2.24, 2.45) is 0 Å². The third-order valence-corrected chi connectivity index (χ3v) is 3.87. The Morgan fingerprint density at radius 3 is 2.30 bits per heavy atom. The van der Waals surface area contributed by atoms with Crippen molar-refractivity contribution in [2.45, 2.75) is 13.0 Å². The summed E-state index contributed by atoms with van der Waals surface area (Å²) >= 11 is 0. The van der Waals surface area contributed by atoms with Gasteiger partial charge in [0.1, 0.15) is 5.75 Å². The molecule has 0 bridgehead atoms. The first-order valence-corrected chi connectivity index (χ1v) is 8.35.